The third kappa shape index (κ3) is 5.02. The number of hydrogen-bond acceptors (Lipinski definition) is 5. The standard InChI is InChI=1S/C23H28N4O2S/c1-15(2)19-8-6-7-9-20(19)24-21(28)14-30-23-26-25-22(27(23)16(3)4)17-10-12-18(29-5)13-11-17/h6-13,15-16H,14H2,1-5H3,(H,24,28). The van der Waals surface area contributed by atoms with Crippen molar-refractivity contribution in [3.63, 3.8) is 0 Å². The molecule has 7 heteroatoms. The second-order valence-corrected chi connectivity index (χ2v) is 8.52. The molecule has 3 aromatic rings. The molecular weight excluding hydrogens is 396 g/mol. The molecule has 0 saturated carbocycles. The number of hydrogen-bond donors (Lipinski definition) is 1. The molecule has 0 saturated heterocycles. The van der Waals surface area contributed by atoms with Crippen molar-refractivity contribution in [2.45, 2.75) is 44.8 Å². The first-order valence-electron chi connectivity index (χ1n) is 10.0. The first kappa shape index (κ1) is 21.9. The van der Waals surface area contributed by atoms with Crippen LogP contribution in [0.15, 0.2) is 53.7 Å². The highest BCUT2D eigenvalue weighted by atomic mass is 32.2. The Morgan fingerprint density at radius 3 is 2.40 bits per heavy atom. The average Bonchev–Trinajstić information content (AvgIpc) is 3.17. The number of methoxy groups -OCH3 is 1. The summed E-state index contributed by atoms with van der Waals surface area (Å²) in [5, 5.41) is 12.5. The van der Waals surface area contributed by atoms with Crippen molar-refractivity contribution < 1.29 is 9.53 Å². The molecule has 0 radical (unpaired) electrons. The van der Waals surface area contributed by atoms with Crippen LogP contribution >= 0.6 is 11.8 Å². The molecule has 0 aliphatic carbocycles. The van der Waals surface area contributed by atoms with E-state index in [1.165, 1.54) is 11.8 Å². The first-order chi connectivity index (χ1) is 14.4. The first-order valence-corrected chi connectivity index (χ1v) is 11.0. The van der Waals surface area contributed by atoms with E-state index in [1.54, 1.807) is 7.11 Å². The molecule has 0 aliphatic heterocycles. The molecule has 0 aliphatic rings. The number of carbonyl (C=O) groups is 1. The summed E-state index contributed by atoms with van der Waals surface area (Å²) in [5.41, 5.74) is 2.95. The lowest BCUT2D eigenvalue weighted by molar-refractivity contribution is -0.113. The van der Waals surface area contributed by atoms with Gasteiger partial charge in [0.1, 0.15) is 5.75 Å². The van der Waals surface area contributed by atoms with Gasteiger partial charge < -0.3 is 10.1 Å². The predicted molar refractivity (Wildman–Crippen MR) is 122 cm³/mol. The number of rotatable bonds is 8. The quantitative estimate of drug-likeness (QED) is 0.491. The zero-order valence-electron chi connectivity index (χ0n) is 18.0. The van der Waals surface area contributed by atoms with Crippen LogP contribution < -0.4 is 10.1 Å². The molecule has 1 heterocycles. The fraction of sp³-hybridized carbons (Fsp3) is 0.348. The van der Waals surface area contributed by atoms with Gasteiger partial charge in [0.2, 0.25) is 5.91 Å². The molecule has 0 atom stereocenters. The number of benzene rings is 2. The minimum atomic E-state index is -0.0580. The molecule has 6 nitrogen and oxygen atoms in total. The molecule has 3 rings (SSSR count). The fourth-order valence-corrected chi connectivity index (χ4v) is 4.08. The number of nitrogens with zero attached hydrogens (tertiary/aromatic N) is 3. The molecule has 0 spiro atoms. The Labute approximate surface area is 182 Å². The largest absolute Gasteiger partial charge is 0.497 e. The number of thioether (sulfide) groups is 1. The maximum atomic E-state index is 12.6. The lowest BCUT2D eigenvalue weighted by Crippen LogP contribution is -2.16. The van der Waals surface area contributed by atoms with Crippen molar-refractivity contribution in [3.8, 4) is 17.1 Å². The zero-order valence-corrected chi connectivity index (χ0v) is 18.9. The van der Waals surface area contributed by atoms with Crippen LogP contribution in [0.3, 0.4) is 0 Å². The Balaban J connectivity index is 1.74. The Bertz CT molecular complexity index is 997. The molecule has 1 N–H and O–H groups in total. The van der Waals surface area contributed by atoms with Crippen molar-refractivity contribution in [3.05, 3.63) is 54.1 Å². The molecule has 158 valence electrons. The molecular formula is C23H28N4O2S. The molecule has 0 fully saturated rings. The van der Waals surface area contributed by atoms with Crippen LogP contribution in [0.1, 0.15) is 45.2 Å². The summed E-state index contributed by atoms with van der Waals surface area (Å²) in [6, 6.07) is 15.8. The highest BCUT2D eigenvalue weighted by molar-refractivity contribution is 7.99. The van der Waals surface area contributed by atoms with Crippen molar-refractivity contribution in [2.24, 2.45) is 0 Å². The van der Waals surface area contributed by atoms with E-state index >= 15 is 0 Å². The van der Waals surface area contributed by atoms with Gasteiger partial charge >= 0.3 is 0 Å². The lowest BCUT2D eigenvalue weighted by atomic mass is 10.0. The number of nitrogens with one attached hydrogen (secondary N) is 1. The van der Waals surface area contributed by atoms with E-state index in [9.17, 15) is 4.79 Å². The summed E-state index contributed by atoms with van der Waals surface area (Å²) < 4.78 is 7.29. The number of para-hydroxylation sites is 1. The molecule has 2 aromatic carbocycles. The van der Waals surface area contributed by atoms with Gasteiger partial charge in [0.05, 0.1) is 12.9 Å². The monoisotopic (exact) mass is 424 g/mol. The Morgan fingerprint density at radius 1 is 1.07 bits per heavy atom. The molecule has 30 heavy (non-hydrogen) atoms. The zero-order chi connectivity index (χ0) is 21.7. The average molecular weight is 425 g/mol. The van der Waals surface area contributed by atoms with Gasteiger partial charge in [0.15, 0.2) is 11.0 Å². The van der Waals surface area contributed by atoms with Gasteiger partial charge in [-0.25, -0.2) is 0 Å². The van der Waals surface area contributed by atoms with Gasteiger partial charge in [-0.1, -0.05) is 43.8 Å². The number of amides is 1. The minimum Gasteiger partial charge on any atom is -0.497 e. The van der Waals surface area contributed by atoms with Crippen molar-refractivity contribution in [1.82, 2.24) is 14.8 Å². The maximum Gasteiger partial charge on any atom is 0.234 e. The van der Waals surface area contributed by atoms with Gasteiger partial charge in [-0.15, -0.1) is 10.2 Å². The van der Waals surface area contributed by atoms with E-state index in [2.05, 4.69) is 47.8 Å². The maximum absolute atomic E-state index is 12.6. The lowest BCUT2D eigenvalue weighted by Gasteiger charge is -2.15. The highest BCUT2D eigenvalue weighted by Gasteiger charge is 2.18. The predicted octanol–water partition coefficient (Wildman–Crippen LogP) is 5.39. The Kier molecular flexibility index (Phi) is 7.15. The molecule has 1 aromatic heterocycles. The van der Waals surface area contributed by atoms with Crippen LogP contribution in [0.4, 0.5) is 5.69 Å². The smallest absolute Gasteiger partial charge is 0.234 e. The van der Waals surface area contributed by atoms with Gasteiger partial charge in [0, 0.05) is 17.3 Å². The Morgan fingerprint density at radius 2 is 1.77 bits per heavy atom. The summed E-state index contributed by atoms with van der Waals surface area (Å²) in [6.07, 6.45) is 0. The summed E-state index contributed by atoms with van der Waals surface area (Å²) in [7, 11) is 1.64. The normalized spacial score (nSPS) is 11.2. The minimum absolute atomic E-state index is 0.0580. The van der Waals surface area contributed by atoms with E-state index in [4.69, 9.17) is 4.74 Å². The topological polar surface area (TPSA) is 69.0 Å². The summed E-state index contributed by atoms with van der Waals surface area (Å²) in [6.45, 7) is 8.40. The number of carbonyl (C=O) groups excluding carboxylic acids is 1. The van der Waals surface area contributed by atoms with E-state index in [-0.39, 0.29) is 17.7 Å². The van der Waals surface area contributed by atoms with Gasteiger partial charge in [-0.3, -0.25) is 9.36 Å². The van der Waals surface area contributed by atoms with Crippen molar-refractivity contribution >= 4 is 23.4 Å². The third-order valence-electron chi connectivity index (χ3n) is 4.72. The van der Waals surface area contributed by atoms with Crippen LogP contribution in [-0.2, 0) is 4.79 Å². The summed E-state index contributed by atoms with van der Waals surface area (Å²) in [4.78, 5) is 12.6. The number of aromatic nitrogens is 3. The number of ether oxygens (including phenoxy) is 1. The van der Waals surface area contributed by atoms with Gasteiger partial charge in [-0.2, -0.15) is 0 Å². The molecule has 0 bridgehead atoms. The Hall–Kier alpha value is -2.80. The van der Waals surface area contributed by atoms with Crippen LogP contribution in [0.25, 0.3) is 11.4 Å². The van der Waals surface area contributed by atoms with Crippen LogP contribution in [0.5, 0.6) is 5.75 Å². The van der Waals surface area contributed by atoms with Crippen LogP contribution in [0.2, 0.25) is 0 Å². The van der Waals surface area contributed by atoms with E-state index < -0.39 is 0 Å². The van der Waals surface area contributed by atoms with Crippen molar-refractivity contribution in [2.75, 3.05) is 18.2 Å². The van der Waals surface area contributed by atoms with E-state index in [0.29, 0.717) is 5.92 Å². The second-order valence-electron chi connectivity index (χ2n) is 7.58. The SMILES string of the molecule is COc1ccc(-c2nnc(SCC(=O)Nc3ccccc3C(C)C)n2C(C)C)cc1. The van der Waals surface area contributed by atoms with Gasteiger partial charge in [-0.05, 0) is 55.7 Å². The second kappa shape index (κ2) is 9.80. The highest BCUT2D eigenvalue weighted by Crippen LogP contribution is 2.29. The van der Waals surface area contributed by atoms with E-state index in [1.807, 2.05) is 48.5 Å². The van der Waals surface area contributed by atoms with Crippen LogP contribution in [0, 0.1) is 0 Å². The molecule has 1 amide bonds. The summed E-state index contributed by atoms with van der Waals surface area (Å²) in [5.74, 6) is 2.12. The third-order valence-corrected chi connectivity index (χ3v) is 5.66. The summed E-state index contributed by atoms with van der Waals surface area (Å²) >= 11 is 1.39. The fourth-order valence-electron chi connectivity index (χ4n) is 3.21. The molecule has 0 unspecified atom stereocenters. The van der Waals surface area contributed by atoms with Crippen molar-refractivity contribution in [1.29, 1.82) is 0 Å². The van der Waals surface area contributed by atoms with Crippen LogP contribution in [-0.4, -0.2) is 33.5 Å². The number of anilines is 1. The van der Waals surface area contributed by atoms with E-state index in [0.717, 1.165) is 33.5 Å². The van der Waals surface area contributed by atoms with Gasteiger partial charge in [0.25, 0.3) is 0 Å².